The summed E-state index contributed by atoms with van der Waals surface area (Å²) >= 11 is 0. The van der Waals surface area contributed by atoms with Gasteiger partial charge in [-0.05, 0) is 37.0 Å². The van der Waals surface area contributed by atoms with Crippen LogP contribution in [0.1, 0.15) is 30.1 Å². The lowest BCUT2D eigenvalue weighted by Gasteiger charge is -2.39. The van der Waals surface area contributed by atoms with Crippen LogP contribution in [0.4, 0.5) is 11.5 Å². The number of carbonyl (C=O) groups is 1. The largest absolute Gasteiger partial charge is 0.339 e. The molecule has 1 aliphatic rings. The van der Waals surface area contributed by atoms with Crippen molar-refractivity contribution >= 4 is 17.4 Å². The van der Waals surface area contributed by atoms with Gasteiger partial charge in [-0.25, -0.2) is 4.98 Å². The van der Waals surface area contributed by atoms with Gasteiger partial charge in [-0.2, -0.15) is 0 Å². The molecule has 1 aromatic carbocycles. The number of benzene rings is 1. The molecule has 0 aliphatic carbocycles. The van der Waals surface area contributed by atoms with E-state index in [1.165, 1.54) is 0 Å². The van der Waals surface area contributed by atoms with Gasteiger partial charge in [0.2, 0.25) is 0 Å². The van der Waals surface area contributed by atoms with Crippen molar-refractivity contribution in [3.8, 4) is 0 Å². The van der Waals surface area contributed by atoms with Crippen molar-refractivity contribution in [3.63, 3.8) is 0 Å². The van der Waals surface area contributed by atoms with Crippen LogP contribution in [0.2, 0.25) is 0 Å². The Kier molecular flexibility index (Phi) is 5.05. The van der Waals surface area contributed by atoms with Crippen molar-refractivity contribution in [2.45, 2.75) is 25.8 Å². The number of nitrogens with zero attached hydrogens (tertiary/aromatic N) is 3. The lowest BCUT2D eigenvalue weighted by molar-refractivity contribution is 0.0532. The fourth-order valence-electron chi connectivity index (χ4n) is 3.27. The van der Waals surface area contributed by atoms with Crippen molar-refractivity contribution in [1.29, 1.82) is 0 Å². The van der Waals surface area contributed by atoms with E-state index in [1.807, 2.05) is 29.2 Å². The van der Waals surface area contributed by atoms with Gasteiger partial charge >= 0.3 is 0 Å². The standard InChI is InChI=1S/C18H23N5O/c1-13-4-3-9-23(16(13)11-19)18(24)14-5-2-6-15(10-14)22-17-12-20-7-8-21-17/h2,5-8,10,12-13,16H,3-4,9,11,19H2,1H3,(H,21,22)/t13-,16-/m0/s1. The molecule has 0 bridgehead atoms. The molecule has 126 valence electrons. The molecule has 0 radical (unpaired) electrons. The van der Waals surface area contributed by atoms with Crippen molar-refractivity contribution < 1.29 is 4.79 Å². The number of likely N-dealkylation sites (tertiary alicyclic amines) is 1. The van der Waals surface area contributed by atoms with Gasteiger partial charge in [0.25, 0.3) is 5.91 Å². The Morgan fingerprint density at radius 1 is 1.42 bits per heavy atom. The number of amides is 1. The predicted octanol–water partition coefficient (Wildman–Crippen LogP) is 2.42. The normalized spacial score (nSPS) is 20.7. The van der Waals surface area contributed by atoms with Crippen LogP contribution in [0.25, 0.3) is 0 Å². The second-order valence-corrected chi connectivity index (χ2v) is 6.22. The molecule has 6 heteroatoms. The molecule has 3 rings (SSSR count). The van der Waals surface area contributed by atoms with Gasteiger partial charge in [-0.3, -0.25) is 9.78 Å². The van der Waals surface area contributed by atoms with E-state index < -0.39 is 0 Å². The highest BCUT2D eigenvalue weighted by atomic mass is 16.2. The zero-order valence-corrected chi connectivity index (χ0v) is 13.9. The van der Waals surface area contributed by atoms with E-state index in [0.29, 0.717) is 23.8 Å². The monoisotopic (exact) mass is 325 g/mol. The van der Waals surface area contributed by atoms with E-state index >= 15 is 0 Å². The lowest BCUT2D eigenvalue weighted by atomic mass is 9.90. The molecule has 2 atom stereocenters. The maximum atomic E-state index is 12.9. The molecule has 1 saturated heterocycles. The summed E-state index contributed by atoms with van der Waals surface area (Å²) in [5.41, 5.74) is 7.39. The molecule has 6 nitrogen and oxygen atoms in total. The third-order valence-electron chi connectivity index (χ3n) is 4.56. The minimum atomic E-state index is 0.0415. The summed E-state index contributed by atoms with van der Waals surface area (Å²) in [6.45, 7) is 3.44. The summed E-state index contributed by atoms with van der Waals surface area (Å²) < 4.78 is 0. The van der Waals surface area contributed by atoms with Crippen molar-refractivity contribution in [2.24, 2.45) is 11.7 Å². The molecule has 2 heterocycles. The summed E-state index contributed by atoms with van der Waals surface area (Å²) in [4.78, 5) is 23.1. The fraction of sp³-hybridized carbons (Fsp3) is 0.389. The molecule has 0 saturated carbocycles. The molecular weight excluding hydrogens is 302 g/mol. The lowest BCUT2D eigenvalue weighted by Crippen LogP contribution is -2.51. The van der Waals surface area contributed by atoms with Gasteiger partial charge in [-0.1, -0.05) is 13.0 Å². The Morgan fingerprint density at radius 3 is 3.04 bits per heavy atom. The highest BCUT2D eigenvalue weighted by Crippen LogP contribution is 2.25. The summed E-state index contributed by atoms with van der Waals surface area (Å²) in [5.74, 6) is 1.13. The second-order valence-electron chi connectivity index (χ2n) is 6.22. The highest BCUT2D eigenvalue weighted by Gasteiger charge is 2.31. The van der Waals surface area contributed by atoms with E-state index in [1.54, 1.807) is 18.6 Å². The van der Waals surface area contributed by atoms with Crippen molar-refractivity contribution in [3.05, 3.63) is 48.4 Å². The molecule has 0 spiro atoms. The number of anilines is 2. The van der Waals surface area contributed by atoms with Crippen LogP contribution in [-0.2, 0) is 0 Å². The van der Waals surface area contributed by atoms with E-state index in [4.69, 9.17) is 5.73 Å². The minimum Gasteiger partial charge on any atom is -0.339 e. The van der Waals surface area contributed by atoms with Gasteiger partial charge in [-0.15, -0.1) is 0 Å². The average molecular weight is 325 g/mol. The number of aromatic nitrogens is 2. The van der Waals surface area contributed by atoms with Gasteiger partial charge in [0, 0.05) is 42.8 Å². The number of hydrogen-bond donors (Lipinski definition) is 2. The van der Waals surface area contributed by atoms with Crippen LogP contribution in [0, 0.1) is 5.92 Å². The van der Waals surface area contributed by atoms with Crippen LogP contribution < -0.4 is 11.1 Å². The quantitative estimate of drug-likeness (QED) is 0.902. The van der Waals surface area contributed by atoms with Crippen LogP contribution in [0.5, 0.6) is 0 Å². The average Bonchev–Trinajstić information content (AvgIpc) is 2.62. The predicted molar refractivity (Wildman–Crippen MR) is 94.0 cm³/mol. The molecule has 24 heavy (non-hydrogen) atoms. The first-order valence-electron chi connectivity index (χ1n) is 8.33. The first-order chi connectivity index (χ1) is 11.7. The van der Waals surface area contributed by atoms with E-state index in [-0.39, 0.29) is 11.9 Å². The zero-order chi connectivity index (χ0) is 16.9. The molecule has 1 fully saturated rings. The first kappa shape index (κ1) is 16.4. The number of rotatable bonds is 4. The van der Waals surface area contributed by atoms with Crippen molar-refractivity contribution in [2.75, 3.05) is 18.4 Å². The molecular formula is C18H23N5O. The van der Waals surface area contributed by atoms with Crippen LogP contribution >= 0.6 is 0 Å². The number of nitrogens with two attached hydrogens (primary N) is 1. The van der Waals surface area contributed by atoms with Gasteiger partial charge in [0.1, 0.15) is 5.82 Å². The molecule has 1 aromatic heterocycles. The summed E-state index contributed by atoms with van der Waals surface area (Å²) in [5, 5.41) is 3.17. The molecule has 1 aliphatic heterocycles. The van der Waals surface area contributed by atoms with Gasteiger partial charge < -0.3 is 16.0 Å². The Labute approximate surface area is 142 Å². The van der Waals surface area contributed by atoms with Crippen LogP contribution in [0.15, 0.2) is 42.9 Å². The minimum absolute atomic E-state index is 0.0415. The van der Waals surface area contributed by atoms with Crippen LogP contribution in [0.3, 0.4) is 0 Å². The van der Waals surface area contributed by atoms with E-state index in [9.17, 15) is 4.79 Å². The van der Waals surface area contributed by atoms with E-state index in [0.717, 1.165) is 25.1 Å². The summed E-state index contributed by atoms with van der Waals surface area (Å²) in [7, 11) is 0. The summed E-state index contributed by atoms with van der Waals surface area (Å²) in [6, 6.07) is 7.59. The topological polar surface area (TPSA) is 84.1 Å². The second kappa shape index (κ2) is 7.40. The maximum Gasteiger partial charge on any atom is 0.254 e. The third-order valence-corrected chi connectivity index (χ3v) is 4.56. The smallest absolute Gasteiger partial charge is 0.254 e. The Hall–Kier alpha value is -2.47. The molecule has 1 amide bonds. The number of piperidine rings is 1. The van der Waals surface area contributed by atoms with Crippen molar-refractivity contribution in [1.82, 2.24) is 14.9 Å². The first-order valence-corrected chi connectivity index (χ1v) is 8.33. The molecule has 3 N–H and O–H groups in total. The third kappa shape index (κ3) is 3.54. The Bertz CT molecular complexity index is 691. The Balaban J connectivity index is 1.79. The molecule has 2 aromatic rings. The van der Waals surface area contributed by atoms with Gasteiger partial charge in [0.05, 0.1) is 6.20 Å². The number of nitrogens with one attached hydrogen (secondary N) is 1. The van der Waals surface area contributed by atoms with Gasteiger partial charge in [0.15, 0.2) is 0 Å². The SMILES string of the molecule is C[C@H]1CCCN(C(=O)c2cccc(Nc3cnccn3)c2)[C@H]1CN. The number of hydrogen-bond acceptors (Lipinski definition) is 5. The molecule has 0 unspecified atom stereocenters. The summed E-state index contributed by atoms with van der Waals surface area (Å²) in [6.07, 6.45) is 7.04. The van der Waals surface area contributed by atoms with Crippen LogP contribution in [-0.4, -0.2) is 39.9 Å². The Morgan fingerprint density at radius 2 is 2.29 bits per heavy atom. The fourth-order valence-corrected chi connectivity index (χ4v) is 3.27. The maximum absolute atomic E-state index is 12.9. The zero-order valence-electron chi connectivity index (χ0n) is 13.9. The van der Waals surface area contributed by atoms with E-state index in [2.05, 4.69) is 22.2 Å². The highest BCUT2D eigenvalue weighted by molar-refractivity contribution is 5.95. The number of carbonyl (C=O) groups excluding carboxylic acids is 1.